The van der Waals surface area contributed by atoms with Crippen molar-refractivity contribution in [3.8, 4) is 5.75 Å². The van der Waals surface area contributed by atoms with E-state index < -0.39 is 58.3 Å². The molecule has 3 atom stereocenters. The van der Waals surface area contributed by atoms with Crippen LogP contribution < -0.4 is 38.9 Å². The lowest BCUT2D eigenvalue weighted by Crippen LogP contribution is -2.56. The van der Waals surface area contributed by atoms with Crippen LogP contribution in [0.2, 0.25) is 0 Å². The smallest absolute Gasteiger partial charge is 0.266 e. The van der Waals surface area contributed by atoms with Crippen LogP contribution in [0.25, 0.3) is 0 Å². The van der Waals surface area contributed by atoms with E-state index in [9.17, 15) is 27.9 Å². The third kappa shape index (κ3) is 13.8. The average Bonchev–Trinajstić information content (AvgIpc) is 2.94. The highest BCUT2D eigenvalue weighted by molar-refractivity contribution is 7.85. The van der Waals surface area contributed by atoms with Crippen LogP contribution in [0.3, 0.4) is 0 Å². The van der Waals surface area contributed by atoms with Crippen molar-refractivity contribution in [1.82, 2.24) is 16.0 Å². The summed E-state index contributed by atoms with van der Waals surface area (Å²) < 4.78 is 31.2. The van der Waals surface area contributed by atoms with Gasteiger partial charge in [0.05, 0.1) is 5.75 Å². The fourth-order valence-corrected chi connectivity index (χ4v) is 4.39. The summed E-state index contributed by atoms with van der Waals surface area (Å²) in [6.45, 7) is -0.245. The van der Waals surface area contributed by atoms with Crippen molar-refractivity contribution < 1.29 is 32.5 Å². The number of nitrogens with zero attached hydrogens (tertiary/aromatic N) is 2. The largest absolute Gasteiger partial charge is 0.508 e. The lowest BCUT2D eigenvalue weighted by molar-refractivity contribution is -0.132. The van der Waals surface area contributed by atoms with Crippen LogP contribution in [0.4, 0.5) is 0 Å². The first-order valence-corrected chi connectivity index (χ1v) is 15.1. The molecule has 0 unspecified atom stereocenters. The van der Waals surface area contributed by atoms with E-state index in [2.05, 4.69) is 25.9 Å². The Kier molecular flexibility index (Phi) is 13.9. The van der Waals surface area contributed by atoms with Crippen LogP contribution in [0, 0.1) is 0 Å². The molecule has 2 aromatic carbocycles. The van der Waals surface area contributed by atoms with Gasteiger partial charge in [-0.1, -0.05) is 42.5 Å². The van der Waals surface area contributed by atoms with Crippen molar-refractivity contribution in [1.29, 1.82) is 0 Å². The highest BCUT2D eigenvalue weighted by atomic mass is 32.2. The van der Waals surface area contributed by atoms with Crippen molar-refractivity contribution in [3.05, 3.63) is 65.7 Å². The minimum Gasteiger partial charge on any atom is -0.508 e. The molecule has 16 nitrogen and oxygen atoms in total. The van der Waals surface area contributed by atoms with E-state index in [4.69, 9.17) is 27.5 Å². The molecule has 0 saturated heterocycles. The van der Waals surface area contributed by atoms with Crippen LogP contribution in [0.1, 0.15) is 24.0 Å². The second kappa shape index (κ2) is 17.3. The van der Waals surface area contributed by atoms with Gasteiger partial charge in [-0.05, 0) is 36.1 Å². The Morgan fingerprint density at radius 3 is 2.00 bits per heavy atom. The molecular formula is C27H39N9O7S. The highest BCUT2D eigenvalue weighted by Gasteiger charge is 2.29. The van der Waals surface area contributed by atoms with Crippen molar-refractivity contribution in [2.45, 2.75) is 43.8 Å². The minimum atomic E-state index is -4.33. The minimum absolute atomic E-state index is 0.0289. The van der Waals surface area contributed by atoms with Crippen LogP contribution in [-0.4, -0.2) is 84.7 Å². The Labute approximate surface area is 255 Å². The number of carbonyl (C=O) groups excluding carboxylic acids is 3. The fourth-order valence-electron chi connectivity index (χ4n) is 4.03. The Morgan fingerprint density at radius 2 is 1.41 bits per heavy atom. The molecule has 240 valence electrons. The maximum absolute atomic E-state index is 13.5. The van der Waals surface area contributed by atoms with Crippen molar-refractivity contribution in [2.75, 3.05) is 18.8 Å². The molecule has 17 heteroatoms. The number of aromatic hydroxyl groups is 1. The first kappa shape index (κ1) is 35.3. The molecule has 0 bridgehead atoms. The number of amides is 3. The maximum atomic E-state index is 13.5. The standard InChI is InChI=1S/C27H39N9O7S/c28-26(29)33-12-4-7-20(34-25(40)22(36-27(30)31)16-18-8-10-19(37)11-9-18)24(39)35-21(15-17-5-2-1-3-6-17)23(38)32-13-14-44(41,42)43/h1-3,5-6,8-11,20-22,37H,4,7,12-16H2,(H,32,38)(H,34,40)(H,35,39)(H4,28,29,33)(H4,30,31,36)(H,41,42,43)/t20-,21+,22+/m1/s1. The second-order valence-corrected chi connectivity index (χ2v) is 11.4. The predicted octanol–water partition coefficient (Wildman–Crippen LogP) is -2.15. The van der Waals surface area contributed by atoms with Gasteiger partial charge in [-0.3, -0.25) is 23.9 Å². The van der Waals surface area contributed by atoms with Gasteiger partial charge in [0.2, 0.25) is 17.7 Å². The first-order valence-electron chi connectivity index (χ1n) is 13.5. The van der Waals surface area contributed by atoms with Gasteiger partial charge in [-0.2, -0.15) is 8.42 Å². The second-order valence-electron chi connectivity index (χ2n) is 9.78. The number of phenolic OH excluding ortho intramolecular Hbond substituents is 1. The number of carbonyl (C=O) groups is 3. The fraction of sp³-hybridized carbons (Fsp3) is 0.370. The van der Waals surface area contributed by atoms with Crippen LogP contribution in [0.5, 0.6) is 5.75 Å². The average molecular weight is 634 g/mol. The number of nitrogens with two attached hydrogens (primary N) is 4. The molecule has 3 amide bonds. The van der Waals surface area contributed by atoms with Gasteiger partial charge in [0.15, 0.2) is 11.9 Å². The van der Waals surface area contributed by atoms with E-state index in [1.807, 2.05) is 0 Å². The predicted molar refractivity (Wildman–Crippen MR) is 165 cm³/mol. The Bertz CT molecular complexity index is 1410. The van der Waals surface area contributed by atoms with Gasteiger partial charge in [0.25, 0.3) is 10.1 Å². The lowest BCUT2D eigenvalue weighted by atomic mass is 10.0. The van der Waals surface area contributed by atoms with Gasteiger partial charge in [-0.15, -0.1) is 0 Å². The molecular weight excluding hydrogens is 594 g/mol. The van der Waals surface area contributed by atoms with Crippen LogP contribution in [-0.2, 0) is 37.3 Å². The number of aliphatic imine (C=N–C) groups is 2. The molecule has 13 N–H and O–H groups in total. The lowest BCUT2D eigenvalue weighted by Gasteiger charge is -2.24. The van der Waals surface area contributed by atoms with E-state index >= 15 is 0 Å². The van der Waals surface area contributed by atoms with Crippen LogP contribution >= 0.6 is 0 Å². The summed E-state index contributed by atoms with van der Waals surface area (Å²) in [6, 6.07) is 11.3. The van der Waals surface area contributed by atoms with E-state index in [-0.39, 0.29) is 49.9 Å². The molecule has 44 heavy (non-hydrogen) atoms. The van der Waals surface area contributed by atoms with Crippen LogP contribution in [0.15, 0.2) is 64.6 Å². The number of benzene rings is 2. The summed E-state index contributed by atoms with van der Waals surface area (Å²) in [7, 11) is -4.33. The summed E-state index contributed by atoms with van der Waals surface area (Å²) in [5, 5.41) is 17.2. The summed E-state index contributed by atoms with van der Waals surface area (Å²) in [6.07, 6.45) is 0.408. The van der Waals surface area contributed by atoms with E-state index in [0.29, 0.717) is 11.1 Å². The normalized spacial score (nSPS) is 13.0. The number of hydrogen-bond acceptors (Lipinski definition) is 8. The van der Waals surface area contributed by atoms with E-state index in [1.165, 1.54) is 12.1 Å². The highest BCUT2D eigenvalue weighted by Crippen LogP contribution is 2.13. The van der Waals surface area contributed by atoms with Gasteiger partial charge in [0.1, 0.15) is 23.9 Å². The Hall–Kier alpha value is -4.90. The van der Waals surface area contributed by atoms with Gasteiger partial charge < -0.3 is 44.0 Å². The molecule has 0 aliphatic rings. The summed E-state index contributed by atoms with van der Waals surface area (Å²) in [5.74, 6) is -3.32. The Balaban J connectivity index is 2.28. The zero-order chi connectivity index (χ0) is 32.7. The summed E-state index contributed by atoms with van der Waals surface area (Å²) >= 11 is 0. The number of nitrogens with one attached hydrogen (secondary N) is 3. The SMILES string of the molecule is NC(N)=NCCC[C@@H](NC(=O)[C@H](Cc1ccc(O)cc1)N=C(N)N)C(=O)N[C@@H](Cc1ccccc1)C(=O)NCCS(=O)(=O)O. The van der Waals surface area contributed by atoms with Crippen molar-refractivity contribution >= 4 is 39.8 Å². The maximum Gasteiger partial charge on any atom is 0.266 e. The molecule has 2 aromatic rings. The number of hydrogen-bond donors (Lipinski definition) is 9. The van der Waals surface area contributed by atoms with Crippen molar-refractivity contribution in [2.24, 2.45) is 32.9 Å². The third-order valence-electron chi connectivity index (χ3n) is 6.13. The van der Waals surface area contributed by atoms with Gasteiger partial charge in [0, 0.05) is 25.9 Å². The molecule has 0 aliphatic carbocycles. The zero-order valence-electron chi connectivity index (χ0n) is 23.9. The summed E-state index contributed by atoms with van der Waals surface area (Å²) in [4.78, 5) is 47.8. The number of phenols is 1. The van der Waals surface area contributed by atoms with Crippen molar-refractivity contribution in [3.63, 3.8) is 0 Å². The topological polar surface area (TPSA) is 291 Å². The van der Waals surface area contributed by atoms with Gasteiger partial charge >= 0.3 is 0 Å². The van der Waals surface area contributed by atoms with E-state index in [1.54, 1.807) is 42.5 Å². The molecule has 0 heterocycles. The summed E-state index contributed by atoms with van der Waals surface area (Å²) in [5.41, 5.74) is 23.2. The molecule has 2 rings (SSSR count). The number of rotatable bonds is 17. The monoisotopic (exact) mass is 633 g/mol. The third-order valence-corrected chi connectivity index (χ3v) is 6.85. The molecule has 0 spiro atoms. The molecule has 0 aromatic heterocycles. The Morgan fingerprint density at radius 1 is 0.795 bits per heavy atom. The number of guanidine groups is 2. The van der Waals surface area contributed by atoms with Gasteiger partial charge in [-0.25, -0.2) is 4.99 Å². The molecule has 0 fully saturated rings. The van der Waals surface area contributed by atoms with E-state index in [0.717, 1.165) is 0 Å². The molecule has 0 radical (unpaired) electrons. The quantitative estimate of drug-likeness (QED) is 0.0391. The zero-order valence-corrected chi connectivity index (χ0v) is 24.7. The first-order chi connectivity index (χ1) is 20.7. The molecule has 0 aliphatic heterocycles. The molecule has 0 saturated carbocycles.